The van der Waals surface area contributed by atoms with Crippen LogP contribution in [0.15, 0.2) is 47.8 Å². The molecule has 0 unspecified atom stereocenters. The molecule has 0 radical (unpaired) electrons. The van der Waals surface area contributed by atoms with Crippen LogP contribution in [-0.2, 0) is 11.2 Å². The van der Waals surface area contributed by atoms with Gasteiger partial charge in [0.25, 0.3) is 0 Å². The molecule has 6 heteroatoms. The maximum atomic E-state index is 11.4. The maximum Gasteiger partial charge on any atom is 0.573 e. The van der Waals surface area contributed by atoms with Crippen LogP contribution in [0.3, 0.4) is 0 Å². The number of rotatable bonds is 4. The van der Waals surface area contributed by atoms with Crippen LogP contribution in [0, 0.1) is 0 Å². The summed E-state index contributed by atoms with van der Waals surface area (Å²) in [6.07, 6.45) is -0.639. The Hall–Kier alpha value is -1.79. The fourth-order valence-electron chi connectivity index (χ4n) is 1.40. The number of hydrogen-bond acceptors (Lipinski definition) is 4. The van der Waals surface area contributed by atoms with Gasteiger partial charge in [0.05, 0.1) is 0 Å². The number of hydrogen-bond donors (Lipinski definition) is 2. The molecule has 92 valence electrons. The van der Waals surface area contributed by atoms with Gasteiger partial charge in [0.1, 0.15) is 0 Å². The molecule has 0 saturated heterocycles. The Kier molecular flexibility index (Phi) is 4.38. The van der Waals surface area contributed by atoms with Crippen LogP contribution in [0.4, 0.5) is 4.79 Å². The summed E-state index contributed by atoms with van der Waals surface area (Å²) in [4.78, 5) is 11.4. The van der Waals surface area contributed by atoms with Crippen LogP contribution in [0.5, 0.6) is 0 Å². The van der Waals surface area contributed by atoms with Crippen molar-refractivity contribution in [2.45, 2.75) is 6.54 Å². The van der Waals surface area contributed by atoms with E-state index in [1.807, 2.05) is 35.7 Å². The van der Waals surface area contributed by atoms with Gasteiger partial charge in [0, 0.05) is 11.3 Å². The minimum atomic E-state index is -1.21. The number of benzene rings is 1. The Balaban J connectivity index is 1.79. The summed E-state index contributed by atoms with van der Waals surface area (Å²) >= 11 is 1.33. The zero-order valence-electron chi connectivity index (χ0n) is 9.58. The molecule has 0 aliphatic carbocycles. The van der Waals surface area contributed by atoms with Crippen molar-refractivity contribution in [1.29, 1.82) is 0 Å². The summed E-state index contributed by atoms with van der Waals surface area (Å²) in [5, 5.41) is 14.0. The van der Waals surface area contributed by atoms with Crippen LogP contribution < -0.4 is 10.1 Å². The quantitative estimate of drug-likeness (QED) is 0.817. The summed E-state index contributed by atoms with van der Waals surface area (Å²) in [7, 11) is -1.21. The van der Waals surface area contributed by atoms with Crippen LogP contribution in [-0.4, -0.2) is 18.2 Å². The maximum absolute atomic E-state index is 11.4. The molecular formula is C12H12BNO3S. The van der Waals surface area contributed by atoms with E-state index in [0.29, 0.717) is 11.3 Å². The van der Waals surface area contributed by atoms with Gasteiger partial charge in [0.2, 0.25) is 0 Å². The van der Waals surface area contributed by atoms with E-state index in [1.165, 1.54) is 11.3 Å². The van der Waals surface area contributed by atoms with E-state index in [2.05, 4.69) is 5.32 Å². The van der Waals surface area contributed by atoms with E-state index >= 15 is 0 Å². The molecular weight excluding hydrogens is 249 g/mol. The predicted molar refractivity (Wildman–Crippen MR) is 71.7 cm³/mol. The zero-order chi connectivity index (χ0) is 12.8. The second kappa shape index (κ2) is 6.23. The average molecular weight is 261 g/mol. The molecule has 1 amide bonds. The van der Waals surface area contributed by atoms with Gasteiger partial charge in [-0.15, -0.1) is 0 Å². The molecule has 2 aromatic rings. The van der Waals surface area contributed by atoms with Gasteiger partial charge in [-0.2, -0.15) is 11.3 Å². The zero-order valence-corrected chi connectivity index (χ0v) is 10.4. The molecule has 2 N–H and O–H groups in total. The third-order valence-electron chi connectivity index (χ3n) is 2.28. The molecule has 0 saturated carbocycles. The Morgan fingerprint density at radius 1 is 1.28 bits per heavy atom. The van der Waals surface area contributed by atoms with E-state index in [0.717, 1.165) is 5.56 Å². The minimum absolute atomic E-state index is 0.372. The summed E-state index contributed by atoms with van der Waals surface area (Å²) < 4.78 is 5.43. The first-order chi connectivity index (χ1) is 8.75. The molecule has 4 nitrogen and oxygen atoms in total. The van der Waals surface area contributed by atoms with Crippen molar-refractivity contribution in [3.8, 4) is 0 Å². The highest BCUT2D eigenvalue weighted by molar-refractivity contribution is 7.20. The standard InChI is InChI=1S/C12H12BNO3S/c15-12(14-9-10-5-2-1-3-6-10)17-13(16)11-7-4-8-18-11/h1-8,16H,9H2,(H,14,15). The monoisotopic (exact) mass is 261 g/mol. The number of thiophene rings is 1. The van der Waals surface area contributed by atoms with Crippen LogP contribution in [0.25, 0.3) is 0 Å². The molecule has 0 fully saturated rings. The van der Waals surface area contributed by atoms with Crippen LogP contribution >= 0.6 is 11.3 Å². The molecule has 2 rings (SSSR count). The molecule has 0 atom stereocenters. The normalized spacial score (nSPS) is 9.83. The van der Waals surface area contributed by atoms with Crippen LogP contribution in [0.1, 0.15) is 5.56 Å². The Bertz CT molecular complexity index is 489. The third kappa shape index (κ3) is 3.61. The Morgan fingerprint density at radius 3 is 2.72 bits per heavy atom. The van der Waals surface area contributed by atoms with Crippen molar-refractivity contribution in [2.75, 3.05) is 0 Å². The molecule has 0 spiro atoms. The lowest BCUT2D eigenvalue weighted by atomic mass is 9.89. The van der Waals surface area contributed by atoms with Crippen LogP contribution in [0.2, 0.25) is 0 Å². The summed E-state index contributed by atoms with van der Waals surface area (Å²) in [6, 6.07) is 13.0. The van der Waals surface area contributed by atoms with Crippen molar-refractivity contribution in [3.05, 3.63) is 53.4 Å². The number of nitrogens with one attached hydrogen (secondary N) is 1. The van der Waals surface area contributed by atoms with E-state index in [9.17, 15) is 9.82 Å². The Labute approximate surface area is 109 Å². The van der Waals surface area contributed by atoms with Crippen molar-refractivity contribution in [1.82, 2.24) is 5.32 Å². The van der Waals surface area contributed by atoms with E-state index < -0.39 is 13.2 Å². The number of carbonyl (C=O) groups is 1. The second-order valence-electron chi connectivity index (χ2n) is 3.61. The van der Waals surface area contributed by atoms with E-state index in [4.69, 9.17) is 4.65 Å². The lowest BCUT2D eigenvalue weighted by Gasteiger charge is -2.08. The molecule has 0 aliphatic rings. The first kappa shape index (κ1) is 12.7. The fourth-order valence-corrected chi connectivity index (χ4v) is 2.04. The SMILES string of the molecule is O=C(NCc1ccccc1)OB(O)c1cccs1. The van der Waals surface area contributed by atoms with Crippen molar-refractivity contribution >= 4 is 29.3 Å². The molecule has 0 aliphatic heterocycles. The first-order valence-electron chi connectivity index (χ1n) is 5.45. The fraction of sp³-hybridized carbons (Fsp3) is 0.0833. The number of amides is 1. The van der Waals surface area contributed by atoms with E-state index in [1.54, 1.807) is 12.1 Å². The first-order valence-corrected chi connectivity index (χ1v) is 6.33. The average Bonchev–Trinajstić information content (AvgIpc) is 2.91. The van der Waals surface area contributed by atoms with E-state index in [-0.39, 0.29) is 0 Å². The smallest absolute Gasteiger partial charge is 0.489 e. The highest BCUT2D eigenvalue weighted by Crippen LogP contribution is 1.99. The topological polar surface area (TPSA) is 58.6 Å². The van der Waals surface area contributed by atoms with Crippen molar-refractivity contribution in [2.24, 2.45) is 0 Å². The van der Waals surface area contributed by atoms with Gasteiger partial charge in [0.15, 0.2) is 0 Å². The molecule has 1 heterocycles. The number of carbonyl (C=O) groups excluding carboxylic acids is 1. The van der Waals surface area contributed by atoms with Gasteiger partial charge >= 0.3 is 13.2 Å². The highest BCUT2D eigenvalue weighted by atomic mass is 32.1. The van der Waals surface area contributed by atoms with Gasteiger partial charge in [-0.1, -0.05) is 42.5 Å². The predicted octanol–water partition coefficient (Wildman–Crippen LogP) is 1.36. The van der Waals surface area contributed by atoms with Gasteiger partial charge in [-0.25, -0.2) is 4.79 Å². The Morgan fingerprint density at radius 2 is 2.06 bits per heavy atom. The van der Waals surface area contributed by atoms with Crippen molar-refractivity contribution in [3.63, 3.8) is 0 Å². The highest BCUT2D eigenvalue weighted by Gasteiger charge is 2.22. The summed E-state index contributed by atoms with van der Waals surface area (Å²) in [6.45, 7) is 0.372. The minimum Gasteiger partial charge on any atom is -0.489 e. The lowest BCUT2D eigenvalue weighted by molar-refractivity contribution is 0.193. The summed E-state index contributed by atoms with van der Waals surface area (Å²) in [5.41, 5.74) is 0.972. The van der Waals surface area contributed by atoms with Gasteiger partial charge in [-0.3, -0.25) is 0 Å². The molecule has 0 bridgehead atoms. The molecule has 18 heavy (non-hydrogen) atoms. The molecule has 1 aromatic heterocycles. The van der Waals surface area contributed by atoms with Gasteiger partial charge in [-0.05, 0) is 10.9 Å². The largest absolute Gasteiger partial charge is 0.573 e. The summed E-state index contributed by atoms with van der Waals surface area (Å²) in [5.74, 6) is 0. The third-order valence-corrected chi connectivity index (χ3v) is 3.19. The van der Waals surface area contributed by atoms with Crippen molar-refractivity contribution < 1.29 is 14.5 Å². The molecule has 1 aromatic carbocycles. The lowest BCUT2D eigenvalue weighted by Crippen LogP contribution is -2.38. The second-order valence-corrected chi connectivity index (χ2v) is 4.59. The van der Waals surface area contributed by atoms with Gasteiger partial charge < -0.3 is 15.0 Å².